The summed E-state index contributed by atoms with van der Waals surface area (Å²) < 4.78 is 12.3. The van der Waals surface area contributed by atoms with Crippen molar-refractivity contribution in [1.29, 1.82) is 0 Å². The lowest BCUT2D eigenvalue weighted by Crippen LogP contribution is -2.12. The van der Waals surface area contributed by atoms with Crippen LogP contribution in [0.3, 0.4) is 0 Å². The first-order valence-electron chi connectivity index (χ1n) is 8.89. The summed E-state index contributed by atoms with van der Waals surface area (Å²) >= 11 is 9.16. The van der Waals surface area contributed by atoms with Crippen LogP contribution < -0.4 is 4.74 Å². The van der Waals surface area contributed by atoms with E-state index in [0.29, 0.717) is 26.1 Å². The molecule has 30 heavy (non-hydrogen) atoms. The van der Waals surface area contributed by atoms with Crippen molar-refractivity contribution < 1.29 is 24.2 Å². The minimum atomic E-state index is -0.654. The molecule has 3 rings (SSSR count). The van der Waals surface area contributed by atoms with Gasteiger partial charge in [0.15, 0.2) is 12.3 Å². The van der Waals surface area contributed by atoms with Gasteiger partial charge in [-0.15, -0.1) is 10.2 Å². The third-order valence-corrected chi connectivity index (χ3v) is 4.87. The Morgan fingerprint density at radius 1 is 1.23 bits per heavy atom. The van der Waals surface area contributed by atoms with E-state index in [1.54, 1.807) is 49.4 Å². The molecular weight excluding hydrogens is 478 g/mol. The number of hydrogen-bond acceptors (Lipinski definition) is 6. The molecule has 10 heteroatoms. The summed E-state index contributed by atoms with van der Waals surface area (Å²) in [7, 11) is 0. The number of ether oxygens (including phenoxy) is 2. The quantitative estimate of drug-likeness (QED) is 0.367. The second-order valence-electron chi connectivity index (χ2n) is 6.04. The molecule has 3 aromatic rings. The topological polar surface area (TPSA) is 102 Å². The average Bonchev–Trinajstić information content (AvgIpc) is 2.97. The number of benzene rings is 2. The van der Waals surface area contributed by atoms with Crippen LogP contribution in [0, 0.1) is 0 Å². The highest BCUT2D eigenvalue weighted by molar-refractivity contribution is 9.10. The number of aromatic nitrogens is 1. The van der Waals surface area contributed by atoms with Gasteiger partial charge in [-0.1, -0.05) is 29.8 Å². The summed E-state index contributed by atoms with van der Waals surface area (Å²) in [6.45, 7) is 1.37. The van der Waals surface area contributed by atoms with E-state index in [-0.39, 0.29) is 31.3 Å². The van der Waals surface area contributed by atoms with Crippen LogP contribution in [0.5, 0.6) is 11.6 Å². The molecule has 0 fully saturated rings. The second-order valence-corrected chi connectivity index (χ2v) is 7.33. The van der Waals surface area contributed by atoms with Crippen molar-refractivity contribution in [1.82, 2.24) is 4.57 Å². The minimum Gasteiger partial charge on any atom is -0.493 e. The van der Waals surface area contributed by atoms with Crippen molar-refractivity contribution in [2.24, 2.45) is 10.2 Å². The molecule has 8 nitrogen and oxygen atoms in total. The van der Waals surface area contributed by atoms with Gasteiger partial charge in [0.1, 0.15) is 12.3 Å². The van der Waals surface area contributed by atoms with Crippen molar-refractivity contribution >= 4 is 56.0 Å². The van der Waals surface area contributed by atoms with Crippen molar-refractivity contribution in [3.05, 3.63) is 52.0 Å². The number of nitrogens with zero attached hydrogens (tertiary/aromatic N) is 3. The maximum Gasteiger partial charge on any atom is 0.326 e. The molecule has 0 saturated heterocycles. The molecule has 0 saturated carbocycles. The number of azo groups is 1. The highest BCUT2D eigenvalue weighted by atomic mass is 79.9. The second kappa shape index (κ2) is 9.73. The van der Waals surface area contributed by atoms with E-state index in [0.717, 1.165) is 0 Å². The zero-order valence-corrected chi connectivity index (χ0v) is 18.2. The summed E-state index contributed by atoms with van der Waals surface area (Å²) in [5.74, 6) is -1.02. The van der Waals surface area contributed by atoms with Gasteiger partial charge in [-0.2, -0.15) is 0 Å². The predicted molar refractivity (Wildman–Crippen MR) is 114 cm³/mol. The van der Waals surface area contributed by atoms with E-state index in [1.165, 1.54) is 4.57 Å². The zero-order valence-electron chi connectivity index (χ0n) is 15.8. The Balaban J connectivity index is 1.79. The van der Waals surface area contributed by atoms with Gasteiger partial charge in [0.25, 0.3) is 0 Å². The normalized spacial score (nSPS) is 11.2. The number of fused-ring (bicyclic) bond motifs is 1. The first kappa shape index (κ1) is 21.8. The first-order chi connectivity index (χ1) is 14.4. The van der Waals surface area contributed by atoms with Crippen molar-refractivity contribution in [3.63, 3.8) is 0 Å². The van der Waals surface area contributed by atoms with Gasteiger partial charge in [-0.05, 0) is 47.1 Å². The molecule has 0 aliphatic heterocycles. The average molecular weight is 495 g/mol. The largest absolute Gasteiger partial charge is 0.493 e. The van der Waals surface area contributed by atoms with E-state index in [9.17, 15) is 14.7 Å². The number of carbonyl (C=O) groups excluding carboxylic acids is 2. The number of para-hydroxylation sites is 1. The number of carbonyl (C=O) groups is 2. The number of aromatic hydroxyl groups is 1. The van der Waals surface area contributed by atoms with E-state index in [4.69, 9.17) is 21.1 Å². The fourth-order valence-electron chi connectivity index (χ4n) is 2.73. The predicted octanol–water partition coefficient (Wildman–Crippen LogP) is 5.02. The highest BCUT2D eigenvalue weighted by Crippen LogP contribution is 2.38. The van der Waals surface area contributed by atoms with Crippen molar-refractivity contribution in [2.75, 3.05) is 13.2 Å². The smallest absolute Gasteiger partial charge is 0.326 e. The van der Waals surface area contributed by atoms with E-state index >= 15 is 0 Å². The van der Waals surface area contributed by atoms with Gasteiger partial charge >= 0.3 is 11.9 Å². The highest BCUT2D eigenvalue weighted by Gasteiger charge is 2.19. The molecule has 0 aliphatic rings. The molecule has 0 unspecified atom stereocenters. The maximum absolute atomic E-state index is 12.1. The Morgan fingerprint density at radius 2 is 2.00 bits per heavy atom. The van der Waals surface area contributed by atoms with Gasteiger partial charge < -0.3 is 14.6 Å². The third kappa shape index (κ3) is 4.98. The fourth-order valence-corrected chi connectivity index (χ4v) is 3.53. The lowest BCUT2D eigenvalue weighted by atomic mass is 10.2. The Bertz CT molecular complexity index is 1130. The summed E-state index contributed by atoms with van der Waals surface area (Å²) in [6.07, 6.45) is 0. The van der Waals surface area contributed by atoms with Crippen LogP contribution in [0.2, 0.25) is 5.02 Å². The molecule has 2 aromatic carbocycles. The van der Waals surface area contributed by atoms with Crippen molar-refractivity contribution in [3.8, 4) is 11.6 Å². The van der Waals surface area contributed by atoms with E-state index in [1.807, 2.05) is 0 Å². The Kier molecular flexibility index (Phi) is 7.07. The molecule has 0 spiro atoms. The number of rotatable bonds is 7. The maximum atomic E-state index is 12.1. The van der Waals surface area contributed by atoms with Gasteiger partial charge in [0.2, 0.25) is 5.88 Å². The minimum absolute atomic E-state index is 0.0796. The summed E-state index contributed by atoms with van der Waals surface area (Å²) in [6, 6.07) is 11.8. The molecular formula is C20H17BrClN3O5. The van der Waals surface area contributed by atoms with Crippen LogP contribution >= 0.6 is 27.5 Å². The summed E-state index contributed by atoms with van der Waals surface area (Å²) in [4.78, 5) is 24.0. The van der Waals surface area contributed by atoms with Crippen LogP contribution in [0.4, 0.5) is 5.69 Å². The summed E-state index contributed by atoms with van der Waals surface area (Å²) in [5, 5.41) is 19.1. The van der Waals surface area contributed by atoms with Crippen LogP contribution in [0.25, 0.3) is 10.9 Å². The Labute approximate surface area is 185 Å². The zero-order chi connectivity index (χ0) is 21.7. The molecule has 1 N–H and O–H groups in total. The van der Waals surface area contributed by atoms with E-state index in [2.05, 4.69) is 26.2 Å². The van der Waals surface area contributed by atoms with Crippen LogP contribution in [0.1, 0.15) is 6.92 Å². The fraction of sp³-hybridized carbons (Fsp3) is 0.200. The molecule has 0 aliphatic carbocycles. The summed E-state index contributed by atoms with van der Waals surface area (Å²) in [5.41, 5.74) is 0.640. The Hall–Kier alpha value is -2.91. The van der Waals surface area contributed by atoms with Gasteiger partial charge in [-0.25, -0.2) is 0 Å². The van der Waals surface area contributed by atoms with Gasteiger partial charge in [0, 0.05) is 10.4 Å². The molecule has 0 bridgehead atoms. The lowest BCUT2D eigenvalue weighted by Gasteiger charge is -2.06. The molecule has 1 aromatic heterocycles. The van der Waals surface area contributed by atoms with Gasteiger partial charge in [0.05, 0.1) is 16.6 Å². The molecule has 1 amide bonds. The van der Waals surface area contributed by atoms with Gasteiger partial charge in [-0.3, -0.25) is 14.2 Å². The van der Waals surface area contributed by atoms with E-state index < -0.39 is 11.9 Å². The molecule has 1 heterocycles. The number of halogens is 2. The standard InChI is InChI=1S/C20H17BrClN3O5/c1-2-29-18(27)10-25-15-6-4-3-5-13(15)19(20(25)28)24-23-17(26)11-30-16-8-7-12(22)9-14(16)21/h3-9,28H,2,10-11H2,1H3. The first-order valence-corrected chi connectivity index (χ1v) is 10.1. The molecule has 0 radical (unpaired) electrons. The third-order valence-electron chi connectivity index (χ3n) is 4.02. The van der Waals surface area contributed by atoms with Crippen molar-refractivity contribution in [2.45, 2.75) is 13.5 Å². The monoisotopic (exact) mass is 493 g/mol. The molecule has 0 atom stereocenters. The van der Waals surface area contributed by atoms with Crippen LogP contribution in [-0.2, 0) is 20.9 Å². The number of amides is 1. The van der Waals surface area contributed by atoms with Crippen LogP contribution in [-0.4, -0.2) is 34.8 Å². The van der Waals surface area contributed by atoms with Crippen LogP contribution in [0.15, 0.2) is 57.2 Å². The molecule has 156 valence electrons. The SMILES string of the molecule is CCOC(=O)Cn1c(O)c(N=NC(=O)COc2ccc(Cl)cc2Br)c2ccccc21. The number of hydrogen-bond donors (Lipinski definition) is 1. The lowest BCUT2D eigenvalue weighted by molar-refractivity contribution is -0.143. The number of esters is 1. The Morgan fingerprint density at radius 3 is 2.73 bits per heavy atom.